The minimum Gasteiger partial charge on any atom is -0.361 e. The molecule has 3 aliphatic rings. The number of carbonyl (C=O) groups is 2. The summed E-state index contributed by atoms with van der Waals surface area (Å²) in [5, 5.41) is 1.01. The van der Waals surface area contributed by atoms with Gasteiger partial charge in [0.25, 0.3) is 5.91 Å². The number of H-pyrrole nitrogens is 1. The smallest absolute Gasteiger partial charge is 0.256 e. The van der Waals surface area contributed by atoms with Crippen LogP contribution < -0.4 is 0 Å². The molecule has 3 atom stereocenters. The number of aromatic nitrogens is 1. The Bertz CT molecular complexity index is 1120. The fraction of sp³-hybridized carbons (Fsp3) is 0.304. The molecule has 1 spiro atoms. The Hall–Kier alpha value is -3.12. The molecule has 2 amide bonds. The van der Waals surface area contributed by atoms with Crippen molar-refractivity contribution in [3.05, 3.63) is 71.9 Å². The second kappa shape index (κ2) is 5.94. The average molecular weight is 387 g/mol. The molecular weight excluding hydrogens is 366 g/mol. The summed E-state index contributed by atoms with van der Waals surface area (Å²) in [7, 11) is 0. The van der Waals surface area contributed by atoms with Crippen LogP contribution in [0, 0.1) is 0 Å². The second-order valence-electron chi connectivity index (χ2n) is 8.08. The predicted molar refractivity (Wildman–Crippen MR) is 107 cm³/mol. The quantitative estimate of drug-likeness (QED) is 0.735. The Morgan fingerprint density at radius 2 is 1.97 bits per heavy atom. The molecule has 6 rings (SSSR count). The van der Waals surface area contributed by atoms with E-state index in [1.807, 2.05) is 70.6 Å². The van der Waals surface area contributed by atoms with Crippen LogP contribution in [0.1, 0.15) is 34.9 Å². The van der Waals surface area contributed by atoms with Gasteiger partial charge in [0.2, 0.25) is 5.91 Å². The lowest BCUT2D eigenvalue weighted by molar-refractivity contribution is -0.138. The van der Waals surface area contributed by atoms with E-state index in [1.54, 1.807) is 0 Å². The molecule has 2 aromatic carbocycles. The number of hydrogen-bond donors (Lipinski definition) is 1. The van der Waals surface area contributed by atoms with Crippen molar-refractivity contribution in [2.75, 3.05) is 13.1 Å². The lowest BCUT2D eigenvalue weighted by Gasteiger charge is -2.32. The van der Waals surface area contributed by atoms with Crippen LogP contribution in [0.15, 0.2) is 60.8 Å². The Morgan fingerprint density at radius 1 is 1.10 bits per heavy atom. The van der Waals surface area contributed by atoms with Crippen LogP contribution in [0.5, 0.6) is 0 Å². The molecule has 3 saturated heterocycles. The van der Waals surface area contributed by atoms with Gasteiger partial charge < -0.3 is 19.5 Å². The number of hydrogen-bond acceptors (Lipinski definition) is 3. The SMILES string of the molecule is O=C(c1cccc2cc[nH]c12)N1CC[C@@]23O[C@@H](c4ccccc4)CN2C(=O)C[C@@H]13. The van der Waals surface area contributed by atoms with Crippen LogP contribution in [-0.4, -0.2) is 51.5 Å². The van der Waals surface area contributed by atoms with E-state index in [0.29, 0.717) is 31.5 Å². The Morgan fingerprint density at radius 3 is 2.83 bits per heavy atom. The van der Waals surface area contributed by atoms with E-state index < -0.39 is 5.72 Å². The molecule has 0 saturated carbocycles. The van der Waals surface area contributed by atoms with Gasteiger partial charge in [-0.15, -0.1) is 0 Å². The van der Waals surface area contributed by atoms with Crippen LogP contribution in [0.2, 0.25) is 0 Å². The third-order valence-electron chi connectivity index (χ3n) is 6.68. The molecule has 4 heterocycles. The van der Waals surface area contributed by atoms with Gasteiger partial charge in [-0.3, -0.25) is 9.59 Å². The summed E-state index contributed by atoms with van der Waals surface area (Å²) in [4.78, 5) is 33.2. The summed E-state index contributed by atoms with van der Waals surface area (Å²) in [6, 6.07) is 17.5. The van der Waals surface area contributed by atoms with E-state index in [9.17, 15) is 9.59 Å². The van der Waals surface area contributed by atoms with Crippen LogP contribution in [0.4, 0.5) is 0 Å². The molecule has 1 N–H and O–H groups in total. The normalized spacial score (nSPS) is 28.2. The van der Waals surface area contributed by atoms with Crippen molar-refractivity contribution in [2.24, 2.45) is 0 Å². The van der Waals surface area contributed by atoms with E-state index >= 15 is 0 Å². The molecule has 29 heavy (non-hydrogen) atoms. The van der Waals surface area contributed by atoms with E-state index in [0.717, 1.165) is 16.5 Å². The molecular formula is C23H21N3O3. The molecule has 3 aromatic rings. The fourth-order valence-electron chi connectivity index (χ4n) is 5.33. The zero-order valence-corrected chi connectivity index (χ0v) is 15.9. The highest BCUT2D eigenvalue weighted by atomic mass is 16.5. The molecule has 0 radical (unpaired) electrons. The molecule has 146 valence electrons. The molecule has 3 fully saturated rings. The maximum Gasteiger partial charge on any atom is 0.256 e. The molecule has 6 heteroatoms. The molecule has 6 nitrogen and oxygen atoms in total. The van der Waals surface area contributed by atoms with Crippen molar-refractivity contribution in [1.29, 1.82) is 0 Å². The summed E-state index contributed by atoms with van der Waals surface area (Å²) < 4.78 is 6.55. The van der Waals surface area contributed by atoms with Gasteiger partial charge in [0.15, 0.2) is 5.72 Å². The van der Waals surface area contributed by atoms with E-state index in [2.05, 4.69) is 4.98 Å². The monoisotopic (exact) mass is 387 g/mol. The molecule has 0 bridgehead atoms. The summed E-state index contributed by atoms with van der Waals surface area (Å²) in [5.41, 5.74) is 1.86. The van der Waals surface area contributed by atoms with Crippen molar-refractivity contribution < 1.29 is 14.3 Å². The van der Waals surface area contributed by atoms with Crippen molar-refractivity contribution in [3.63, 3.8) is 0 Å². The van der Waals surface area contributed by atoms with Crippen molar-refractivity contribution in [2.45, 2.75) is 30.7 Å². The van der Waals surface area contributed by atoms with Crippen molar-refractivity contribution in [1.82, 2.24) is 14.8 Å². The second-order valence-corrected chi connectivity index (χ2v) is 8.08. The largest absolute Gasteiger partial charge is 0.361 e. The van der Waals surface area contributed by atoms with Crippen LogP contribution in [0.25, 0.3) is 10.9 Å². The van der Waals surface area contributed by atoms with Gasteiger partial charge in [-0.25, -0.2) is 0 Å². The first kappa shape index (κ1) is 16.8. The maximum absolute atomic E-state index is 13.5. The number of nitrogens with zero attached hydrogens (tertiary/aromatic N) is 2. The van der Waals surface area contributed by atoms with E-state index in [1.165, 1.54) is 0 Å². The highest BCUT2D eigenvalue weighted by Crippen LogP contribution is 2.50. The topological polar surface area (TPSA) is 65.6 Å². The predicted octanol–water partition coefficient (Wildman–Crippen LogP) is 3.08. The van der Waals surface area contributed by atoms with Gasteiger partial charge in [0, 0.05) is 24.5 Å². The van der Waals surface area contributed by atoms with Gasteiger partial charge in [-0.05, 0) is 17.7 Å². The van der Waals surface area contributed by atoms with Crippen molar-refractivity contribution >= 4 is 22.7 Å². The lowest BCUT2D eigenvalue weighted by Crippen LogP contribution is -2.48. The van der Waals surface area contributed by atoms with Crippen LogP contribution in [-0.2, 0) is 9.53 Å². The minimum absolute atomic E-state index is 0.0404. The highest BCUT2D eigenvalue weighted by molar-refractivity contribution is 6.06. The number of carbonyl (C=O) groups excluding carboxylic acids is 2. The Kier molecular flexibility index (Phi) is 3.44. The third-order valence-corrected chi connectivity index (χ3v) is 6.68. The number of aromatic amines is 1. The lowest BCUT2D eigenvalue weighted by atomic mass is 10.0. The van der Waals surface area contributed by atoms with Gasteiger partial charge in [-0.2, -0.15) is 0 Å². The number of para-hydroxylation sites is 1. The first-order chi connectivity index (χ1) is 14.2. The summed E-state index contributed by atoms with van der Waals surface area (Å²) in [5.74, 6) is 0.0327. The Balaban J connectivity index is 1.34. The van der Waals surface area contributed by atoms with Gasteiger partial charge >= 0.3 is 0 Å². The van der Waals surface area contributed by atoms with Gasteiger partial charge in [0.05, 0.1) is 30.1 Å². The van der Waals surface area contributed by atoms with E-state index in [4.69, 9.17) is 4.74 Å². The van der Waals surface area contributed by atoms with Crippen molar-refractivity contribution in [3.8, 4) is 0 Å². The van der Waals surface area contributed by atoms with Crippen LogP contribution in [0.3, 0.4) is 0 Å². The highest BCUT2D eigenvalue weighted by Gasteiger charge is 2.65. The summed E-state index contributed by atoms with van der Waals surface area (Å²) >= 11 is 0. The number of ether oxygens (including phenoxy) is 1. The number of rotatable bonds is 2. The average Bonchev–Trinajstić information content (AvgIpc) is 3.49. The Labute approximate surface area is 168 Å². The number of benzene rings is 2. The minimum atomic E-state index is -0.698. The van der Waals surface area contributed by atoms with Gasteiger partial charge in [-0.1, -0.05) is 42.5 Å². The number of likely N-dealkylation sites (tertiary alicyclic amines) is 1. The number of nitrogens with one attached hydrogen (secondary N) is 1. The first-order valence-corrected chi connectivity index (χ1v) is 10.1. The molecule has 0 unspecified atom stereocenters. The molecule has 3 aliphatic heterocycles. The zero-order valence-electron chi connectivity index (χ0n) is 15.9. The zero-order chi connectivity index (χ0) is 19.6. The van der Waals surface area contributed by atoms with Gasteiger partial charge in [0.1, 0.15) is 6.10 Å². The number of amides is 2. The first-order valence-electron chi connectivity index (χ1n) is 10.1. The van der Waals surface area contributed by atoms with Crippen LogP contribution >= 0.6 is 0 Å². The third kappa shape index (κ3) is 2.26. The number of fused-ring (bicyclic) bond motifs is 1. The maximum atomic E-state index is 13.5. The molecule has 0 aliphatic carbocycles. The fourth-order valence-corrected chi connectivity index (χ4v) is 5.33. The summed E-state index contributed by atoms with van der Waals surface area (Å²) in [6.45, 7) is 1.14. The van der Waals surface area contributed by atoms with E-state index in [-0.39, 0.29) is 24.0 Å². The molecule has 1 aromatic heterocycles. The standard InChI is InChI=1S/C23H21N3O3/c27-20-13-19-23(26(20)14-18(29-23)15-5-2-1-3-6-15)10-12-25(19)22(28)17-8-4-7-16-9-11-24-21(16)17/h1-9,11,18-19,24H,10,12-14H2/t18-,19-,23+/m1/s1. The summed E-state index contributed by atoms with van der Waals surface area (Å²) in [6.07, 6.45) is 2.68.